The lowest BCUT2D eigenvalue weighted by atomic mass is 9.95. The van der Waals surface area contributed by atoms with Gasteiger partial charge in [-0.2, -0.15) is 0 Å². The minimum atomic E-state index is -0.434. The Morgan fingerprint density at radius 3 is 2.41 bits per heavy atom. The Morgan fingerprint density at radius 1 is 1.05 bits per heavy atom. The van der Waals surface area contributed by atoms with Crippen molar-refractivity contribution in [3.63, 3.8) is 0 Å². The molecule has 4 nitrogen and oxygen atoms in total. The lowest BCUT2D eigenvalue weighted by Crippen LogP contribution is -2.10. The van der Waals surface area contributed by atoms with Crippen LogP contribution in [0.25, 0.3) is 22.1 Å². The summed E-state index contributed by atoms with van der Waals surface area (Å²) in [6.45, 7) is 0. The molecule has 0 amide bonds. The zero-order valence-electron chi connectivity index (χ0n) is 11.5. The van der Waals surface area contributed by atoms with Crippen LogP contribution < -0.4 is 5.63 Å². The fourth-order valence-electron chi connectivity index (χ4n) is 2.52. The van der Waals surface area contributed by atoms with E-state index in [9.17, 15) is 15.0 Å². The lowest BCUT2D eigenvalue weighted by Gasteiger charge is -2.12. The summed E-state index contributed by atoms with van der Waals surface area (Å²) in [6.07, 6.45) is 0.504. The van der Waals surface area contributed by atoms with Gasteiger partial charge in [0, 0.05) is 27.9 Å². The molecule has 2 N–H and O–H groups in total. The first kappa shape index (κ1) is 14.7. The Kier molecular flexibility index (Phi) is 3.90. The summed E-state index contributed by atoms with van der Waals surface area (Å²) in [4.78, 5) is 12.3. The summed E-state index contributed by atoms with van der Waals surface area (Å²) in [6, 6.07) is 12.1. The number of hydrogen-bond donors (Lipinski definition) is 2. The topological polar surface area (TPSA) is 70.7 Å². The molecule has 22 heavy (non-hydrogen) atoms. The number of alkyl halides is 1. The van der Waals surface area contributed by atoms with Gasteiger partial charge < -0.3 is 14.6 Å². The smallest absolute Gasteiger partial charge is 0.340 e. The van der Waals surface area contributed by atoms with E-state index in [0.717, 1.165) is 11.1 Å². The van der Waals surface area contributed by atoms with Crippen LogP contribution in [0, 0.1) is 0 Å². The van der Waals surface area contributed by atoms with Crippen molar-refractivity contribution in [3.8, 4) is 22.6 Å². The number of halogens is 1. The molecule has 5 heteroatoms. The standard InChI is InChI=1S/C17H13BrO4/c18-7-6-11-16(10-4-2-1-3-5-10)12-8-13(19)14(20)9-15(12)22-17(11)21/h1-5,8-9,19-20H,6-7H2. The Morgan fingerprint density at radius 2 is 1.73 bits per heavy atom. The van der Waals surface area contributed by atoms with Gasteiger partial charge in [0.1, 0.15) is 5.58 Å². The number of fused-ring (bicyclic) bond motifs is 1. The van der Waals surface area contributed by atoms with E-state index in [2.05, 4.69) is 15.9 Å². The Hall–Kier alpha value is -2.27. The van der Waals surface area contributed by atoms with Crippen LogP contribution in [0.4, 0.5) is 0 Å². The Balaban J connectivity index is 2.45. The molecule has 0 aliphatic heterocycles. The Bertz CT molecular complexity index is 885. The molecular weight excluding hydrogens is 348 g/mol. The van der Waals surface area contributed by atoms with Crippen LogP contribution in [-0.2, 0) is 6.42 Å². The van der Waals surface area contributed by atoms with E-state index in [-0.39, 0.29) is 17.1 Å². The van der Waals surface area contributed by atoms with Crippen molar-refractivity contribution >= 4 is 26.9 Å². The van der Waals surface area contributed by atoms with Crippen LogP contribution in [0.5, 0.6) is 11.5 Å². The summed E-state index contributed by atoms with van der Waals surface area (Å²) in [7, 11) is 0. The van der Waals surface area contributed by atoms with Gasteiger partial charge in [-0.3, -0.25) is 0 Å². The molecule has 2 aromatic carbocycles. The average molecular weight is 361 g/mol. The highest BCUT2D eigenvalue weighted by atomic mass is 79.9. The summed E-state index contributed by atoms with van der Waals surface area (Å²) in [5.41, 5.74) is 1.94. The fraction of sp³-hybridized carbons (Fsp3) is 0.118. The SMILES string of the molecule is O=c1oc2cc(O)c(O)cc2c(-c2ccccc2)c1CCBr. The van der Waals surface area contributed by atoms with Crippen LogP contribution >= 0.6 is 15.9 Å². The van der Waals surface area contributed by atoms with E-state index in [4.69, 9.17) is 4.42 Å². The van der Waals surface area contributed by atoms with Crippen molar-refractivity contribution in [2.45, 2.75) is 6.42 Å². The third-order valence-corrected chi connectivity index (χ3v) is 3.90. The molecule has 112 valence electrons. The number of benzene rings is 2. The van der Waals surface area contributed by atoms with Crippen molar-refractivity contribution in [2.75, 3.05) is 5.33 Å². The predicted octanol–water partition coefficient (Wildman–Crippen LogP) is 3.81. The monoisotopic (exact) mass is 360 g/mol. The molecule has 0 aliphatic rings. The van der Waals surface area contributed by atoms with Crippen molar-refractivity contribution in [3.05, 3.63) is 58.4 Å². The molecule has 0 fully saturated rings. The zero-order valence-corrected chi connectivity index (χ0v) is 13.1. The highest BCUT2D eigenvalue weighted by molar-refractivity contribution is 9.09. The van der Waals surface area contributed by atoms with Crippen LogP contribution in [0.3, 0.4) is 0 Å². The number of phenols is 2. The first-order valence-corrected chi connectivity index (χ1v) is 7.87. The number of aromatic hydroxyl groups is 2. The molecule has 0 unspecified atom stereocenters. The first-order valence-electron chi connectivity index (χ1n) is 6.75. The number of phenolic OH excluding ortho intramolecular Hbond substituents is 2. The van der Waals surface area contributed by atoms with Gasteiger partial charge in [0.15, 0.2) is 11.5 Å². The van der Waals surface area contributed by atoms with E-state index in [1.165, 1.54) is 12.1 Å². The molecule has 0 radical (unpaired) electrons. The second-order valence-corrected chi connectivity index (χ2v) is 5.68. The normalized spacial score (nSPS) is 11.0. The van der Waals surface area contributed by atoms with Gasteiger partial charge in [0.25, 0.3) is 0 Å². The number of rotatable bonds is 3. The van der Waals surface area contributed by atoms with Gasteiger partial charge in [-0.15, -0.1) is 0 Å². The van der Waals surface area contributed by atoms with Gasteiger partial charge in [-0.25, -0.2) is 4.79 Å². The first-order chi connectivity index (χ1) is 10.6. The second-order valence-electron chi connectivity index (χ2n) is 4.89. The molecule has 1 heterocycles. The molecule has 3 aromatic rings. The highest BCUT2D eigenvalue weighted by Crippen LogP contribution is 2.36. The molecule has 0 saturated heterocycles. The molecule has 0 atom stereocenters. The summed E-state index contributed by atoms with van der Waals surface area (Å²) < 4.78 is 5.30. The molecule has 0 aliphatic carbocycles. The van der Waals surface area contributed by atoms with E-state index in [1.54, 1.807) is 0 Å². The average Bonchev–Trinajstić information content (AvgIpc) is 2.51. The van der Waals surface area contributed by atoms with Crippen molar-refractivity contribution in [1.82, 2.24) is 0 Å². The van der Waals surface area contributed by atoms with Crippen LogP contribution in [0.2, 0.25) is 0 Å². The third kappa shape index (κ3) is 2.48. The van der Waals surface area contributed by atoms with Gasteiger partial charge in [0.2, 0.25) is 0 Å². The van der Waals surface area contributed by atoms with Gasteiger partial charge in [-0.1, -0.05) is 46.3 Å². The maximum absolute atomic E-state index is 12.3. The zero-order chi connectivity index (χ0) is 15.7. The largest absolute Gasteiger partial charge is 0.504 e. The van der Waals surface area contributed by atoms with Gasteiger partial charge >= 0.3 is 5.63 Å². The van der Waals surface area contributed by atoms with E-state index >= 15 is 0 Å². The van der Waals surface area contributed by atoms with Gasteiger partial charge in [0.05, 0.1) is 0 Å². The van der Waals surface area contributed by atoms with Crippen molar-refractivity contribution in [2.24, 2.45) is 0 Å². The second kappa shape index (κ2) is 5.85. The highest BCUT2D eigenvalue weighted by Gasteiger charge is 2.17. The predicted molar refractivity (Wildman–Crippen MR) is 88.7 cm³/mol. The maximum Gasteiger partial charge on any atom is 0.340 e. The van der Waals surface area contributed by atoms with Crippen molar-refractivity contribution in [1.29, 1.82) is 0 Å². The summed E-state index contributed by atoms with van der Waals surface area (Å²) >= 11 is 3.35. The molecule has 3 rings (SSSR count). The minimum Gasteiger partial charge on any atom is -0.504 e. The van der Waals surface area contributed by atoms with E-state index < -0.39 is 5.63 Å². The minimum absolute atomic E-state index is 0.247. The summed E-state index contributed by atoms with van der Waals surface area (Å²) in [5.74, 6) is -0.564. The van der Waals surface area contributed by atoms with E-state index in [0.29, 0.717) is 22.7 Å². The Labute approximate surface area is 134 Å². The van der Waals surface area contributed by atoms with Crippen LogP contribution in [-0.4, -0.2) is 15.5 Å². The number of hydrogen-bond acceptors (Lipinski definition) is 4. The third-order valence-electron chi connectivity index (χ3n) is 3.50. The maximum atomic E-state index is 12.3. The molecule has 0 saturated carbocycles. The fourth-order valence-corrected chi connectivity index (χ4v) is 2.92. The molecule has 0 bridgehead atoms. The molecular formula is C17H13BrO4. The van der Waals surface area contributed by atoms with Crippen LogP contribution in [0.1, 0.15) is 5.56 Å². The van der Waals surface area contributed by atoms with Gasteiger partial charge in [-0.05, 0) is 18.1 Å². The molecule has 1 aromatic heterocycles. The molecule has 0 spiro atoms. The quantitative estimate of drug-likeness (QED) is 0.423. The van der Waals surface area contributed by atoms with Crippen LogP contribution in [0.15, 0.2) is 51.7 Å². The van der Waals surface area contributed by atoms with E-state index in [1.807, 2.05) is 30.3 Å². The lowest BCUT2D eigenvalue weighted by molar-refractivity contribution is 0.403. The summed E-state index contributed by atoms with van der Waals surface area (Å²) in [5, 5.41) is 20.6. The van der Waals surface area contributed by atoms with Crippen molar-refractivity contribution < 1.29 is 14.6 Å².